The van der Waals surface area contributed by atoms with Crippen LogP contribution in [0.3, 0.4) is 0 Å². The molecule has 2 saturated heterocycles. The van der Waals surface area contributed by atoms with E-state index in [0.717, 1.165) is 21.4 Å². The Hall–Kier alpha value is -4.07. The fourth-order valence-corrected chi connectivity index (χ4v) is 4.65. The lowest BCUT2D eigenvalue weighted by Crippen LogP contribution is -2.52. The Morgan fingerprint density at radius 2 is 1.62 bits per heavy atom. The molecule has 0 spiro atoms. The van der Waals surface area contributed by atoms with Crippen LogP contribution in [0.1, 0.15) is 12.5 Å². The van der Waals surface area contributed by atoms with Crippen LogP contribution in [0.2, 0.25) is 0 Å². The topological polar surface area (TPSA) is 93.2 Å². The first-order valence-electron chi connectivity index (χ1n) is 11.3. The zero-order valence-corrected chi connectivity index (χ0v) is 18.9. The Bertz CT molecular complexity index is 1270. The number of phenolic OH excluding ortho intramolecular Hbond substituents is 1. The largest absolute Gasteiger partial charge is 0.508 e. The highest BCUT2D eigenvalue weighted by molar-refractivity contribution is 6.09. The van der Waals surface area contributed by atoms with Gasteiger partial charge in [0.05, 0.1) is 0 Å². The van der Waals surface area contributed by atoms with Crippen LogP contribution in [0.5, 0.6) is 5.75 Å². The molecule has 0 unspecified atom stereocenters. The highest BCUT2D eigenvalue weighted by atomic mass is 16.3. The number of carbonyl (C=O) groups is 3. The SMILES string of the molecule is C[C@@]1(c2ccc3ccccc3c2)NC(=O)N(CC(=O)N2CCN(c3ccc(O)cc3)CC2)C1=O. The Kier molecular flexibility index (Phi) is 5.36. The van der Waals surface area contributed by atoms with Gasteiger partial charge in [0.1, 0.15) is 17.8 Å². The van der Waals surface area contributed by atoms with Gasteiger partial charge in [0.25, 0.3) is 5.91 Å². The van der Waals surface area contributed by atoms with Crippen LogP contribution in [0.25, 0.3) is 10.8 Å². The monoisotopic (exact) mass is 458 g/mol. The minimum absolute atomic E-state index is 0.210. The number of hydrogen-bond acceptors (Lipinski definition) is 5. The van der Waals surface area contributed by atoms with Gasteiger partial charge in [0.15, 0.2) is 0 Å². The highest BCUT2D eigenvalue weighted by Gasteiger charge is 2.49. The average Bonchev–Trinajstić information content (AvgIpc) is 3.08. The molecule has 0 radical (unpaired) electrons. The van der Waals surface area contributed by atoms with E-state index < -0.39 is 17.5 Å². The molecular formula is C26H26N4O4. The summed E-state index contributed by atoms with van der Waals surface area (Å²) in [5, 5.41) is 14.3. The van der Waals surface area contributed by atoms with Crippen LogP contribution < -0.4 is 10.2 Å². The first kappa shape index (κ1) is 21.8. The minimum Gasteiger partial charge on any atom is -0.508 e. The number of rotatable bonds is 4. The van der Waals surface area contributed by atoms with Gasteiger partial charge < -0.3 is 20.2 Å². The van der Waals surface area contributed by atoms with Crippen molar-refractivity contribution in [1.29, 1.82) is 0 Å². The van der Waals surface area contributed by atoms with Gasteiger partial charge in [0, 0.05) is 31.9 Å². The molecule has 0 saturated carbocycles. The van der Waals surface area contributed by atoms with Crippen LogP contribution in [0.4, 0.5) is 10.5 Å². The van der Waals surface area contributed by atoms with E-state index in [1.54, 1.807) is 24.0 Å². The molecule has 2 aliphatic rings. The second-order valence-electron chi connectivity index (χ2n) is 8.89. The van der Waals surface area contributed by atoms with Crippen molar-refractivity contribution in [2.24, 2.45) is 0 Å². The fraction of sp³-hybridized carbons (Fsp3) is 0.269. The summed E-state index contributed by atoms with van der Waals surface area (Å²) in [5.74, 6) is -0.470. The van der Waals surface area contributed by atoms with Gasteiger partial charge in [-0.2, -0.15) is 0 Å². The number of urea groups is 1. The van der Waals surface area contributed by atoms with E-state index in [1.807, 2.05) is 54.6 Å². The van der Waals surface area contributed by atoms with E-state index in [9.17, 15) is 19.5 Å². The number of fused-ring (bicyclic) bond motifs is 1. The molecule has 1 atom stereocenters. The van der Waals surface area contributed by atoms with Crippen molar-refractivity contribution in [3.05, 3.63) is 72.3 Å². The van der Waals surface area contributed by atoms with E-state index in [-0.39, 0.29) is 18.2 Å². The molecule has 0 aromatic heterocycles. The number of imide groups is 1. The highest BCUT2D eigenvalue weighted by Crippen LogP contribution is 2.31. The second kappa shape index (κ2) is 8.37. The maximum atomic E-state index is 13.3. The minimum atomic E-state index is -1.22. The molecule has 2 heterocycles. The average molecular weight is 459 g/mol. The van der Waals surface area contributed by atoms with Gasteiger partial charge in [-0.3, -0.25) is 14.5 Å². The smallest absolute Gasteiger partial charge is 0.325 e. The van der Waals surface area contributed by atoms with E-state index in [2.05, 4.69) is 10.2 Å². The molecule has 174 valence electrons. The van der Waals surface area contributed by atoms with Crippen LogP contribution in [-0.2, 0) is 15.1 Å². The Balaban J connectivity index is 1.25. The Labute approximate surface area is 197 Å². The quantitative estimate of drug-likeness (QED) is 0.587. The molecule has 2 aliphatic heterocycles. The predicted octanol–water partition coefficient (Wildman–Crippen LogP) is 2.66. The summed E-state index contributed by atoms with van der Waals surface area (Å²) < 4.78 is 0. The van der Waals surface area contributed by atoms with Crippen molar-refractivity contribution in [3.63, 3.8) is 0 Å². The van der Waals surface area contributed by atoms with Gasteiger partial charge in [-0.05, 0) is 53.6 Å². The lowest BCUT2D eigenvalue weighted by atomic mass is 9.90. The number of carbonyl (C=O) groups excluding carboxylic acids is 3. The number of hydrogen-bond donors (Lipinski definition) is 2. The number of piperazine rings is 1. The van der Waals surface area contributed by atoms with E-state index in [0.29, 0.717) is 31.7 Å². The first-order valence-corrected chi connectivity index (χ1v) is 11.3. The first-order chi connectivity index (χ1) is 16.3. The van der Waals surface area contributed by atoms with Crippen LogP contribution >= 0.6 is 0 Å². The molecule has 2 N–H and O–H groups in total. The number of amides is 4. The van der Waals surface area contributed by atoms with Gasteiger partial charge >= 0.3 is 6.03 Å². The third kappa shape index (κ3) is 3.81. The van der Waals surface area contributed by atoms with Gasteiger partial charge in [0.2, 0.25) is 5.91 Å². The van der Waals surface area contributed by atoms with Crippen molar-refractivity contribution in [2.45, 2.75) is 12.5 Å². The number of anilines is 1. The number of benzene rings is 3. The summed E-state index contributed by atoms with van der Waals surface area (Å²) in [6, 6.07) is 19.9. The summed E-state index contributed by atoms with van der Waals surface area (Å²) in [7, 11) is 0. The molecule has 34 heavy (non-hydrogen) atoms. The molecule has 3 aromatic carbocycles. The molecule has 4 amide bonds. The van der Waals surface area contributed by atoms with E-state index in [1.165, 1.54) is 0 Å². The summed E-state index contributed by atoms with van der Waals surface area (Å²) in [5.41, 5.74) is 0.436. The fourth-order valence-electron chi connectivity index (χ4n) is 4.65. The molecule has 3 aromatic rings. The lowest BCUT2D eigenvalue weighted by Gasteiger charge is -2.36. The van der Waals surface area contributed by atoms with Crippen molar-refractivity contribution < 1.29 is 19.5 Å². The molecule has 8 nitrogen and oxygen atoms in total. The Morgan fingerprint density at radius 1 is 0.941 bits per heavy atom. The maximum absolute atomic E-state index is 13.3. The van der Waals surface area contributed by atoms with Crippen LogP contribution in [0.15, 0.2) is 66.7 Å². The standard InChI is InChI=1S/C26H26N4O4/c1-26(20-7-6-18-4-2-3-5-19(18)16-20)24(33)30(25(34)27-26)17-23(32)29-14-12-28(13-15-29)21-8-10-22(31)11-9-21/h2-11,16,31H,12-15,17H2,1H3,(H,27,34)/t26-/m0/s1. The summed E-state index contributed by atoms with van der Waals surface area (Å²) >= 11 is 0. The van der Waals surface area contributed by atoms with Gasteiger partial charge in [-0.25, -0.2) is 4.79 Å². The number of aromatic hydroxyl groups is 1. The van der Waals surface area contributed by atoms with Crippen LogP contribution in [0, 0.1) is 0 Å². The number of nitrogens with zero attached hydrogens (tertiary/aromatic N) is 3. The summed E-state index contributed by atoms with van der Waals surface area (Å²) in [6.45, 7) is 3.64. The van der Waals surface area contributed by atoms with Gasteiger partial charge in [-0.15, -0.1) is 0 Å². The molecule has 0 bridgehead atoms. The third-order valence-electron chi connectivity index (χ3n) is 6.74. The summed E-state index contributed by atoms with van der Waals surface area (Å²) in [6.07, 6.45) is 0. The molecule has 0 aliphatic carbocycles. The normalized spacial score (nSPS) is 20.7. The number of phenols is 1. The summed E-state index contributed by atoms with van der Waals surface area (Å²) in [4.78, 5) is 43.8. The Morgan fingerprint density at radius 3 is 2.32 bits per heavy atom. The zero-order valence-electron chi connectivity index (χ0n) is 18.9. The molecule has 8 heteroatoms. The van der Waals surface area contributed by atoms with Crippen molar-refractivity contribution in [1.82, 2.24) is 15.1 Å². The predicted molar refractivity (Wildman–Crippen MR) is 128 cm³/mol. The second-order valence-corrected chi connectivity index (χ2v) is 8.89. The van der Waals surface area contributed by atoms with Crippen molar-refractivity contribution in [2.75, 3.05) is 37.6 Å². The van der Waals surface area contributed by atoms with Crippen LogP contribution in [-0.4, -0.2) is 65.5 Å². The van der Waals surface area contributed by atoms with Gasteiger partial charge in [-0.1, -0.05) is 36.4 Å². The molecule has 5 rings (SSSR count). The van der Waals surface area contributed by atoms with E-state index >= 15 is 0 Å². The van der Waals surface area contributed by atoms with E-state index in [4.69, 9.17) is 0 Å². The lowest BCUT2D eigenvalue weighted by molar-refractivity contribution is -0.139. The number of nitrogens with one attached hydrogen (secondary N) is 1. The zero-order chi connectivity index (χ0) is 23.9. The third-order valence-corrected chi connectivity index (χ3v) is 6.74. The van der Waals surface area contributed by atoms with Crippen molar-refractivity contribution in [3.8, 4) is 5.75 Å². The molecule has 2 fully saturated rings. The van der Waals surface area contributed by atoms with Crippen molar-refractivity contribution >= 4 is 34.3 Å². The maximum Gasteiger partial charge on any atom is 0.325 e. The molecular weight excluding hydrogens is 432 g/mol.